The largest absolute Gasteiger partial charge is 0.480 e. The molecule has 143 valence electrons. The SMILES string of the molecule is CCCCCCCC/C=C\CCCCCCCCN(C)CC(=O)O.[Na]. The number of unbranched alkanes of at least 4 members (excludes halogenated alkanes) is 12. The Kier molecular flexibility index (Phi) is 24.3. The van der Waals surface area contributed by atoms with Gasteiger partial charge in [0.1, 0.15) is 0 Å². The summed E-state index contributed by atoms with van der Waals surface area (Å²) in [5.74, 6) is -0.734. The predicted octanol–water partition coefficient (Wildman–Crippen LogP) is 5.66. The van der Waals surface area contributed by atoms with Crippen LogP contribution in [0.5, 0.6) is 0 Å². The number of hydrogen-bond donors (Lipinski definition) is 1. The number of carbonyl (C=O) groups is 1. The summed E-state index contributed by atoms with van der Waals surface area (Å²) in [4.78, 5) is 12.4. The third-order valence-corrected chi connectivity index (χ3v) is 4.46. The summed E-state index contributed by atoms with van der Waals surface area (Å²) in [6, 6.07) is 0. The average molecular weight is 363 g/mol. The summed E-state index contributed by atoms with van der Waals surface area (Å²) in [5, 5.41) is 8.67. The van der Waals surface area contributed by atoms with Gasteiger partial charge < -0.3 is 5.11 Å². The van der Waals surface area contributed by atoms with Crippen molar-refractivity contribution in [3.8, 4) is 0 Å². The molecule has 0 aliphatic rings. The van der Waals surface area contributed by atoms with E-state index in [1.807, 2.05) is 11.9 Å². The first-order valence-corrected chi connectivity index (χ1v) is 10.2. The van der Waals surface area contributed by atoms with Crippen LogP contribution in [0.25, 0.3) is 0 Å². The third-order valence-electron chi connectivity index (χ3n) is 4.46. The van der Waals surface area contributed by atoms with Gasteiger partial charge in [-0.2, -0.15) is 0 Å². The Labute approximate surface area is 178 Å². The summed E-state index contributed by atoms with van der Waals surface area (Å²) >= 11 is 0. The quantitative estimate of drug-likeness (QED) is 0.194. The summed E-state index contributed by atoms with van der Waals surface area (Å²) in [6.07, 6.45) is 23.1. The van der Waals surface area contributed by atoms with Gasteiger partial charge in [0.2, 0.25) is 0 Å². The standard InChI is InChI=1S/C21H41NO2.Na/c1-3-4-5-6-7-8-9-10-11-12-13-14-15-16-17-18-19-22(2)20-21(23)24;/h10-11H,3-9,12-20H2,1-2H3,(H,23,24);/b11-10-;. The van der Waals surface area contributed by atoms with Crippen LogP contribution in [-0.4, -0.2) is 65.7 Å². The number of allylic oxidation sites excluding steroid dienone is 2. The van der Waals surface area contributed by atoms with Gasteiger partial charge in [-0.3, -0.25) is 9.69 Å². The zero-order chi connectivity index (χ0) is 17.9. The van der Waals surface area contributed by atoms with Gasteiger partial charge in [0.15, 0.2) is 0 Å². The second-order valence-electron chi connectivity index (χ2n) is 7.07. The fraction of sp³-hybridized carbons (Fsp3) is 0.857. The van der Waals surface area contributed by atoms with Crippen LogP contribution >= 0.6 is 0 Å². The fourth-order valence-corrected chi connectivity index (χ4v) is 2.94. The molecule has 0 aromatic heterocycles. The topological polar surface area (TPSA) is 40.5 Å². The van der Waals surface area contributed by atoms with Gasteiger partial charge in [0, 0.05) is 29.6 Å². The zero-order valence-electron chi connectivity index (χ0n) is 17.3. The van der Waals surface area contributed by atoms with Crippen molar-refractivity contribution in [3.63, 3.8) is 0 Å². The molecule has 0 unspecified atom stereocenters. The molecule has 0 rings (SSSR count). The maximum absolute atomic E-state index is 10.5. The Bertz CT molecular complexity index is 308. The van der Waals surface area contributed by atoms with Gasteiger partial charge in [-0.05, 0) is 45.7 Å². The van der Waals surface area contributed by atoms with Crippen LogP contribution in [0.3, 0.4) is 0 Å². The van der Waals surface area contributed by atoms with Crippen molar-refractivity contribution in [2.24, 2.45) is 0 Å². The Morgan fingerprint density at radius 3 is 1.72 bits per heavy atom. The minimum Gasteiger partial charge on any atom is -0.480 e. The molecule has 25 heavy (non-hydrogen) atoms. The molecule has 0 bridgehead atoms. The monoisotopic (exact) mass is 362 g/mol. The van der Waals surface area contributed by atoms with Gasteiger partial charge in [-0.25, -0.2) is 0 Å². The number of aliphatic carboxylic acids is 1. The number of hydrogen-bond acceptors (Lipinski definition) is 2. The molecule has 0 heterocycles. The summed E-state index contributed by atoms with van der Waals surface area (Å²) < 4.78 is 0. The van der Waals surface area contributed by atoms with Crippen LogP contribution < -0.4 is 0 Å². The molecular weight excluding hydrogens is 321 g/mol. The smallest absolute Gasteiger partial charge is 0.317 e. The molecule has 0 atom stereocenters. The van der Waals surface area contributed by atoms with E-state index in [-0.39, 0.29) is 36.1 Å². The molecule has 1 radical (unpaired) electrons. The van der Waals surface area contributed by atoms with Crippen LogP contribution in [0.4, 0.5) is 0 Å². The van der Waals surface area contributed by atoms with Gasteiger partial charge >= 0.3 is 5.97 Å². The van der Waals surface area contributed by atoms with E-state index < -0.39 is 5.97 Å². The zero-order valence-corrected chi connectivity index (χ0v) is 19.3. The maximum atomic E-state index is 10.5. The molecule has 0 aliphatic heterocycles. The number of likely N-dealkylation sites (N-methyl/N-ethyl adjacent to an activating group) is 1. The Hall–Kier alpha value is 0.170. The van der Waals surface area contributed by atoms with Crippen LogP contribution in [0.2, 0.25) is 0 Å². The van der Waals surface area contributed by atoms with E-state index in [0.717, 1.165) is 13.0 Å². The minimum absolute atomic E-state index is 0. The van der Waals surface area contributed by atoms with E-state index >= 15 is 0 Å². The molecule has 0 saturated carbocycles. The molecule has 1 N–H and O–H groups in total. The van der Waals surface area contributed by atoms with Gasteiger partial charge in [-0.1, -0.05) is 76.9 Å². The molecule has 0 saturated heterocycles. The van der Waals surface area contributed by atoms with Gasteiger partial charge in [-0.15, -0.1) is 0 Å². The Morgan fingerprint density at radius 1 is 0.800 bits per heavy atom. The third kappa shape index (κ3) is 24.2. The van der Waals surface area contributed by atoms with Crippen molar-refractivity contribution < 1.29 is 9.90 Å². The normalized spacial score (nSPS) is 11.2. The van der Waals surface area contributed by atoms with Crippen molar-refractivity contribution in [3.05, 3.63) is 12.2 Å². The predicted molar refractivity (Wildman–Crippen MR) is 110 cm³/mol. The average Bonchev–Trinajstić information content (AvgIpc) is 2.53. The number of carboxylic acids is 1. The first-order valence-electron chi connectivity index (χ1n) is 10.2. The first-order chi connectivity index (χ1) is 11.7. The first kappa shape index (κ1) is 27.4. The molecule has 4 heteroatoms. The van der Waals surface area contributed by atoms with E-state index in [0.29, 0.717) is 0 Å². The van der Waals surface area contributed by atoms with E-state index in [1.54, 1.807) is 0 Å². The summed E-state index contributed by atoms with van der Waals surface area (Å²) in [5.41, 5.74) is 0. The fourth-order valence-electron chi connectivity index (χ4n) is 2.94. The molecular formula is C21H41NNaO2. The number of nitrogens with zero attached hydrogens (tertiary/aromatic N) is 1. The van der Waals surface area contributed by atoms with E-state index in [9.17, 15) is 4.79 Å². The number of carboxylic acid groups (broad SMARTS) is 1. The van der Waals surface area contributed by atoms with Crippen molar-refractivity contribution in [2.45, 2.75) is 96.8 Å². The number of rotatable bonds is 18. The van der Waals surface area contributed by atoms with Crippen molar-refractivity contribution in [1.29, 1.82) is 0 Å². The van der Waals surface area contributed by atoms with Gasteiger partial charge in [0.25, 0.3) is 0 Å². The van der Waals surface area contributed by atoms with E-state index in [4.69, 9.17) is 5.11 Å². The van der Waals surface area contributed by atoms with E-state index in [1.165, 1.54) is 83.5 Å². The van der Waals surface area contributed by atoms with Gasteiger partial charge in [0.05, 0.1) is 6.54 Å². The maximum Gasteiger partial charge on any atom is 0.317 e. The molecule has 0 aliphatic carbocycles. The Balaban J connectivity index is 0. The Morgan fingerprint density at radius 2 is 1.24 bits per heavy atom. The molecule has 3 nitrogen and oxygen atoms in total. The van der Waals surface area contributed by atoms with Crippen LogP contribution in [0, 0.1) is 0 Å². The summed E-state index contributed by atoms with van der Waals surface area (Å²) in [7, 11) is 1.88. The minimum atomic E-state index is -0.734. The second-order valence-corrected chi connectivity index (χ2v) is 7.07. The van der Waals surface area contributed by atoms with E-state index in [2.05, 4.69) is 19.1 Å². The van der Waals surface area contributed by atoms with Crippen LogP contribution in [0.1, 0.15) is 96.8 Å². The van der Waals surface area contributed by atoms with Crippen LogP contribution in [-0.2, 0) is 4.79 Å². The van der Waals surface area contributed by atoms with Crippen LogP contribution in [0.15, 0.2) is 12.2 Å². The summed E-state index contributed by atoms with van der Waals surface area (Å²) in [6.45, 7) is 3.32. The van der Waals surface area contributed by atoms with Crippen molar-refractivity contribution in [1.82, 2.24) is 4.90 Å². The molecule has 0 aromatic rings. The van der Waals surface area contributed by atoms with Crippen molar-refractivity contribution in [2.75, 3.05) is 20.1 Å². The molecule has 0 aromatic carbocycles. The second kappa shape index (κ2) is 22.2. The molecule has 0 fully saturated rings. The molecule has 0 spiro atoms. The molecule has 0 amide bonds. The van der Waals surface area contributed by atoms with Crippen molar-refractivity contribution >= 4 is 35.5 Å².